The fourth-order valence-corrected chi connectivity index (χ4v) is 2.11. The SMILES string of the molecule is OCCOCCOCCOCCO.c1ccc(COCc2ccccc2)cc1. The van der Waals surface area contributed by atoms with Crippen LogP contribution in [0.4, 0.5) is 0 Å². The molecular weight excluding hydrogens is 360 g/mol. The first-order chi connectivity index (χ1) is 13.9. The van der Waals surface area contributed by atoms with Crippen molar-refractivity contribution < 1.29 is 29.2 Å². The Bertz CT molecular complexity index is 500. The third-order valence-electron chi connectivity index (χ3n) is 3.44. The molecular formula is C22H32O6. The molecule has 156 valence electrons. The van der Waals surface area contributed by atoms with Crippen molar-refractivity contribution in [2.24, 2.45) is 0 Å². The number of ether oxygens (including phenoxy) is 4. The largest absolute Gasteiger partial charge is 0.394 e. The molecule has 0 aromatic heterocycles. The van der Waals surface area contributed by atoms with Crippen molar-refractivity contribution in [1.82, 2.24) is 0 Å². The van der Waals surface area contributed by atoms with E-state index in [-0.39, 0.29) is 13.2 Å². The lowest BCUT2D eigenvalue weighted by Gasteiger charge is -2.04. The molecule has 0 saturated carbocycles. The first-order valence-corrected chi connectivity index (χ1v) is 9.47. The lowest BCUT2D eigenvalue weighted by Crippen LogP contribution is -2.11. The van der Waals surface area contributed by atoms with Gasteiger partial charge in [-0.05, 0) is 11.1 Å². The van der Waals surface area contributed by atoms with Crippen LogP contribution in [0.3, 0.4) is 0 Å². The normalized spacial score (nSPS) is 10.4. The van der Waals surface area contributed by atoms with Crippen molar-refractivity contribution in [1.29, 1.82) is 0 Å². The van der Waals surface area contributed by atoms with E-state index in [1.165, 1.54) is 11.1 Å². The molecule has 28 heavy (non-hydrogen) atoms. The van der Waals surface area contributed by atoms with Gasteiger partial charge in [-0.25, -0.2) is 0 Å². The molecule has 0 spiro atoms. The van der Waals surface area contributed by atoms with E-state index in [2.05, 4.69) is 24.3 Å². The zero-order valence-corrected chi connectivity index (χ0v) is 16.4. The minimum atomic E-state index is 0.0413. The molecule has 0 aliphatic rings. The monoisotopic (exact) mass is 392 g/mol. The minimum absolute atomic E-state index is 0.0413. The van der Waals surface area contributed by atoms with Gasteiger partial charge in [-0.15, -0.1) is 0 Å². The maximum atomic E-state index is 8.36. The van der Waals surface area contributed by atoms with Gasteiger partial charge in [0, 0.05) is 0 Å². The quantitative estimate of drug-likeness (QED) is 0.481. The molecule has 6 nitrogen and oxygen atoms in total. The standard InChI is InChI=1S/C14H14O.C8H18O5/c1-3-7-13(8-4-1)11-15-12-14-9-5-2-6-10-14;9-1-3-11-5-7-13-8-6-12-4-2-10/h1-10H,11-12H2;9-10H,1-8H2. The third-order valence-corrected chi connectivity index (χ3v) is 3.44. The molecule has 0 atom stereocenters. The molecule has 0 amide bonds. The van der Waals surface area contributed by atoms with Gasteiger partial charge in [0.15, 0.2) is 0 Å². The van der Waals surface area contributed by atoms with E-state index in [4.69, 9.17) is 29.2 Å². The maximum Gasteiger partial charge on any atom is 0.0721 e. The Morgan fingerprint density at radius 1 is 0.464 bits per heavy atom. The maximum absolute atomic E-state index is 8.36. The van der Waals surface area contributed by atoms with Crippen molar-refractivity contribution in [2.75, 3.05) is 52.9 Å². The molecule has 0 saturated heterocycles. The van der Waals surface area contributed by atoms with E-state index >= 15 is 0 Å². The highest BCUT2D eigenvalue weighted by molar-refractivity contribution is 5.15. The van der Waals surface area contributed by atoms with E-state index in [1.807, 2.05) is 36.4 Å². The van der Waals surface area contributed by atoms with Gasteiger partial charge in [0.05, 0.1) is 66.1 Å². The highest BCUT2D eigenvalue weighted by Crippen LogP contribution is 2.05. The lowest BCUT2D eigenvalue weighted by atomic mass is 10.2. The summed E-state index contributed by atoms with van der Waals surface area (Å²) in [6, 6.07) is 20.4. The van der Waals surface area contributed by atoms with Crippen LogP contribution < -0.4 is 0 Å². The number of hydrogen-bond acceptors (Lipinski definition) is 6. The first kappa shape index (κ1) is 24.2. The summed E-state index contributed by atoms with van der Waals surface area (Å²) in [6.07, 6.45) is 0. The van der Waals surface area contributed by atoms with E-state index < -0.39 is 0 Å². The molecule has 0 radical (unpaired) electrons. The zero-order valence-electron chi connectivity index (χ0n) is 16.4. The fourth-order valence-electron chi connectivity index (χ4n) is 2.11. The summed E-state index contributed by atoms with van der Waals surface area (Å²) in [5.74, 6) is 0. The van der Waals surface area contributed by atoms with Crippen LogP contribution in [0.15, 0.2) is 60.7 Å². The number of aliphatic hydroxyl groups is 2. The van der Waals surface area contributed by atoms with Crippen LogP contribution in [0.2, 0.25) is 0 Å². The van der Waals surface area contributed by atoms with Gasteiger partial charge in [0.25, 0.3) is 0 Å². The van der Waals surface area contributed by atoms with Crippen LogP contribution in [0.25, 0.3) is 0 Å². The first-order valence-electron chi connectivity index (χ1n) is 9.47. The molecule has 0 bridgehead atoms. The Labute approximate surface area is 167 Å². The fraction of sp³-hybridized carbons (Fsp3) is 0.455. The van der Waals surface area contributed by atoms with E-state index in [0.717, 1.165) is 0 Å². The Morgan fingerprint density at radius 2 is 0.821 bits per heavy atom. The zero-order chi connectivity index (χ0) is 20.1. The molecule has 0 aliphatic carbocycles. The summed E-state index contributed by atoms with van der Waals surface area (Å²) in [5.41, 5.74) is 2.43. The summed E-state index contributed by atoms with van der Waals surface area (Å²) in [5, 5.41) is 16.7. The van der Waals surface area contributed by atoms with Crippen molar-refractivity contribution >= 4 is 0 Å². The molecule has 0 unspecified atom stereocenters. The molecule has 2 rings (SSSR count). The van der Waals surface area contributed by atoms with Crippen LogP contribution in [0.1, 0.15) is 11.1 Å². The van der Waals surface area contributed by atoms with Crippen molar-refractivity contribution in [2.45, 2.75) is 13.2 Å². The molecule has 0 aliphatic heterocycles. The second-order valence-corrected chi connectivity index (χ2v) is 5.75. The van der Waals surface area contributed by atoms with E-state index in [9.17, 15) is 0 Å². The molecule has 2 aromatic carbocycles. The Kier molecular flexibility index (Phi) is 16.1. The van der Waals surface area contributed by atoms with Gasteiger partial charge in [-0.2, -0.15) is 0 Å². The van der Waals surface area contributed by atoms with Crippen LogP contribution in [0.5, 0.6) is 0 Å². The van der Waals surface area contributed by atoms with Gasteiger partial charge in [0.1, 0.15) is 0 Å². The molecule has 6 heteroatoms. The summed E-state index contributed by atoms with van der Waals surface area (Å²) in [6.45, 7) is 4.12. The van der Waals surface area contributed by atoms with Crippen LogP contribution >= 0.6 is 0 Å². The van der Waals surface area contributed by atoms with Crippen LogP contribution in [-0.2, 0) is 32.2 Å². The van der Waals surface area contributed by atoms with Crippen LogP contribution in [-0.4, -0.2) is 63.1 Å². The van der Waals surface area contributed by atoms with Crippen molar-refractivity contribution in [3.63, 3.8) is 0 Å². The minimum Gasteiger partial charge on any atom is -0.394 e. The summed E-state index contributed by atoms with van der Waals surface area (Å²) < 4.78 is 20.6. The molecule has 0 heterocycles. The topological polar surface area (TPSA) is 77.4 Å². The highest BCUT2D eigenvalue weighted by Gasteiger charge is 1.93. The van der Waals surface area contributed by atoms with E-state index in [1.54, 1.807) is 0 Å². The number of aliphatic hydroxyl groups excluding tert-OH is 2. The molecule has 2 aromatic rings. The van der Waals surface area contributed by atoms with Gasteiger partial charge in [-0.1, -0.05) is 60.7 Å². The van der Waals surface area contributed by atoms with Crippen LogP contribution in [0, 0.1) is 0 Å². The highest BCUT2D eigenvalue weighted by atomic mass is 16.5. The number of rotatable bonds is 14. The lowest BCUT2D eigenvalue weighted by molar-refractivity contribution is 0.00230. The second kappa shape index (κ2) is 18.6. The average molecular weight is 392 g/mol. The predicted octanol–water partition coefficient (Wildman–Crippen LogP) is 2.42. The van der Waals surface area contributed by atoms with E-state index in [0.29, 0.717) is 52.9 Å². The smallest absolute Gasteiger partial charge is 0.0721 e. The number of hydrogen-bond donors (Lipinski definition) is 2. The number of benzene rings is 2. The summed E-state index contributed by atoms with van der Waals surface area (Å²) in [7, 11) is 0. The van der Waals surface area contributed by atoms with Gasteiger partial charge >= 0.3 is 0 Å². The van der Waals surface area contributed by atoms with Gasteiger partial charge < -0.3 is 29.2 Å². The molecule has 2 N–H and O–H groups in total. The predicted molar refractivity (Wildman–Crippen MR) is 108 cm³/mol. The second-order valence-electron chi connectivity index (χ2n) is 5.75. The molecule has 0 fully saturated rings. The summed E-state index contributed by atoms with van der Waals surface area (Å²) >= 11 is 0. The van der Waals surface area contributed by atoms with Crippen molar-refractivity contribution in [3.8, 4) is 0 Å². The third kappa shape index (κ3) is 14.3. The van der Waals surface area contributed by atoms with Crippen molar-refractivity contribution in [3.05, 3.63) is 71.8 Å². The Balaban J connectivity index is 0.000000284. The Hall–Kier alpha value is -1.80. The van der Waals surface area contributed by atoms with Gasteiger partial charge in [-0.3, -0.25) is 0 Å². The summed E-state index contributed by atoms with van der Waals surface area (Å²) in [4.78, 5) is 0. The van der Waals surface area contributed by atoms with Gasteiger partial charge in [0.2, 0.25) is 0 Å². The average Bonchev–Trinajstić information content (AvgIpc) is 2.75. The Morgan fingerprint density at radius 3 is 1.18 bits per heavy atom.